The minimum Gasteiger partial charge on any atom is -0.314 e. The first kappa shape index (κ1) is 13.0. The number of hydrogen-bond donors (Lipinski definition) is 1. The molecule has 84 valence electrons. The fourth-order valence-corrected chi connectivity index (χ4v) is 2.21. The van der Waals surface area contributed by atoms with E-state index < -0.39 is 0 Å². The molecular weight excluding hydrogens is 275 g/mol. The second-order valence-electron chi connectivity index (χ2n) is 3.66. The van der Waals surface area contributed by atoms with Crippen molar-refractivity contribution < 1.29 is 0 Å². The van der Waals surface area contributed by atoms with E-state index in [4.69, 9.17) is 0 Å². The van der Waals surface area contributed by atoms with E-state index in [1.165, 1.54) is 10.0 Å². The minimum absolute atomic E-state index is 0. The summed E-state index contributed by atoms with van der Waals surface area (Å²) in [5, 5.41) is 3.36. The first-order chi connectivity index (χ1) is 6.84. The first-order valence-electron chi connectivity index (χ1n) is 5.02. The molecule has 0 bridgehead atoms. The lowest BCUT2D eigenvalue weighted by Crippen LogP contribution is -2.42. The van der Waals surface area contributed by atoms with E-state index in [1.807, 2.05) is 0 Å². The van der Waals surface area contributed by atoms with Crippen molar-refractivity contribution in [2.75, 3.05) is 26.2 Å². The van der Waals surface area contributed by atoms with Crippen LogP contribution in [0.1, 0.15) is 5.56 Å². The molecule has 1 aliphatic heterocycles. The Morgan fingerprint density at radius 3 is 2.67 bits per heavy atom. The number of nitrogens with zero attached hydrogens (tertiary/aromatic N) is 1. The number of hydrogen-bond acceptors (Lipinski definition) is 2. The van der Waals surface area contributed by atoms with Crippen molar-refractivity contribution in [1.29, 1.82) is 0 Å². The molecule has 1 fully saturated rings. The van der Waals surface area contributed by atoms with Crippen LogP contribution in [0.5, 0.6) is 0 Å². The van der Waals surface area contributed by atoms with Crippen molar-refractivity contribution >= 4 is 28.3 Å². The van der Waals surface area contributed by atoms with Crippen molar-refractivity contribution in [2.24, 2.45) is 0 Å². The second-order valence-corrected chi connectivity index (χ2v) is 4.57. The largest absolute Gasteiger partial charge is 0.314 e. The van der Waals surface area contributed by atoms with Crippen LogP contribution in [0.4, 0.5) is 0 Å². The van der Waals surface area contributed by atoms with Gasteiger partial charge in [0.15, 0.2) is 0 Å². The van der Waals surface area contributed by atoms with Crippen molar-refractivity contribution in [3.8, 4) is 0 Å². The summed E-state index contributed by atoms with van der Waals surface area (Å²) in [4.78, 5) is 2.48. The summed E-state index contributed by atoms with van der Waals surface area (Å²) in [6, 6.07) is 8.55. The van der Waals surface area contributed by atoms with Gasteiger partial charge in [-0.05, 0) is 17.7 Å². The zero-order chi connectivity index (χ0) is 9.80. The standard InChI is InChI=1S/C11H15BrN2.ClH/c12-11-3-1-2-10(8-11)9-14-6-4-13-5-7-14;/h1-3,8,13H,4-7,9H2;1H. The SMILES string of the molecule is Brc1cccc(CN2CCNCC2)c1.Cl. The number of benzene rings is 1. The quantitative estimate of drug-likeness (QED) is 0.899. The molecule has 0 amide bonds. The Morgan fingerprint density at radius 2 is 2.00 bits per heavy atom. The Hall–Kier alpha value is -0.0900. The van der Waals surface area contributed by atoms with Crippen LogP contribution in [0.15, 0.2) is 28.7 Å². The van der Waals surface area contributed by atoms with Crippen LogP contribution in [0.25, 0.3) is 0 Å². The molecule has 0 aliphatic carbocycles. The molecule has 0 atom stereocenters. The van der Waals surface area contributed by atoms with Gasteiger partial charge in [0.25, 0.3) is 0 Å². The molecule has 1 aromatic rings. The van der Waals surface area contributed by atoms with Gasteiger partial charge in [0.2, 0.25) is 0 Å². The lowest BCUT2D eigenvalue weighted by molar-refractivity contribution is 0.233. The maximum absolute atomic E-state index is 3.50. The predicted octanol–water partition coefficient (Wildman–Crippen LogP) is 2.28. The summed E-state index contributed by atoms with van der Waals surface area (Å²) in [7, 11) is 0. The van der Waals surface area contributed by atoms with Crippen LogP contribution >= 0.6 is 28.3 Å². The summed E-state index contributed by atoms with van der Waals surface area (Å²) in [5.41, 5.74) is 1.39. The highest BCUT2D eigenvalue weighted by atomic mass is 79.9. The molecular formula is C11H16BrClN2. The van der Waals surface area contributed by atoms with Crippen LogP contribution in [0.2, 0.25) is 0 Å². The third-order valence-corrected chi connectivity index (χ3v) is 3.00. The van der Waals surface area contributed by atoms with Gasteiger partial charge in [-0.1, -0.05) is 28.1 Å². The van der Waals surface area contributed by atoms with Crippen LogP contribution in [0.3, 0.4) is 0 Å². The van der Waals surface area contributed by atoms with E-state index in [0.717, 1.165) is 32.7 Å². The Morgan fingerprint density at radius 1 is 1.27 bits per heavy atom. The molecule has 0 unspecified atom stereocenters. The summed E-state index contributed by atoms with van der Waals surface area (Å²) in [5.74, 6) is 0. The normalized spacial score (nSPS) is 17.1. The summed E-state index contributed by atoms with van der Waals surface area (Å²) in [6.45, 7) is 5.63. The minimum atomic E-state index is 0. The van der Waals surface area contributed by atoms with Crippen molar-refractivity contribution in [2.45, 2.75) is 6.54 Å². The number of piperazine rings is 1. The summed E-state index contributed by atoms with van der Waals surface area (Å²) >= 11 is 3.50. The summed E-state index contributed by atoms with van der Waals surface area (Å²) < 4.78 is 1.17. The van der Waals surface area contributed by atoms with Gasteiger partial charge in [-0.3, -0.25) is 4.90 Å². The van der Waals surface area contributed by atoms with Crippen LogP contribution in [-0.4, -0.2) is 31.1 Å². The zero-order valence-corrected chi connectivity index (χ0v) is 11.0. The molecule has 0 radical (unpaired) electrons. The molecule has 4 heteroatoms. The highest BCUT2D eigenvalue weighted by Gasteiger charge is 2.09. The fraction of sp³-hybridized carbons (Fsp3) is 0.455. The molecule has 2 rings (SSSR count). The molecule has 1 N–H and O–H groups in total. The number of rotatable bonds is 2. The average molecular weight is 292 g/mol. The smallest absolute Gasteiger partial charge is 0.0235 e. The van der Waals surface area contributed by atoms with E-state index >= 15 is 0 Å². The fourth-order valence-electron chi connectivity index (χ4n) is 1.76. The van der Waals surface area contributed by atoms with Crippen molar-refractivity contribution in [3.63, 3.8) is 0 Å². The van der Waals surface area contributed by atoms with Gasteiger partial charge >= 0.3 is 0 Å². The topological polar surface area (TPSA) is 15.3 Å². The average Bonchev–Trinajstić information content (AvgIpc) is 2.19. The number of halogens is 2. The Labute approximate surface area is 106 Å². The summed E-state index contributed by atoms with van der Waals surface area (Å²) in [6.07, 6.45) is 0. The van der Waals surface area contributed by atoms with Gasteiger partial charge in [-0.2, -0.15) is 0 Å². The maximum atomic E-state index is 3.50. The lowest BCUT2D eigenvalue weighted by Gasteiger charge is -2.27. The monoisotopic (exact) mass is 290 g/mol. The van der Waals surface area contributed by atoms with E-state index in [2.05, 4.69) is 50.4 Å². The number of nitrogens with one attached hydrogen (secondary N) is 1. The third kappa shape index (κ3) is 4.11. The molecule has 0 spiro atoms. The predicted molar refractivity (Wildman–Crippen MR) is 69.5 cm³/mol. The molecule has 1 aromatic carbocycles. The first-order valence-corrected chi connectivity index (χ1v) is 5.81. The van der Waals surface area contributed by atoms with Gasteiger partial charge in [-0.15, -0.1) is 12.4 Å². The van der Waals surface area contributed by atoms with Gasteiger partial charge < -0.3 is 5.32 Å². The molecule has 0 aromatic heterocycles. The molecule has 15 heavy (non-hydrogen) atoms. The third-order valence-electron chi connectivity index (χ3n) is 2.50. The van der Waals surface area contributed by atoms with Crippen LogP contribution in [-0.2, 0) is 6.54 Å². The van der Waals surface area contributed by atoms with Gasteiger partial charge in [0, 0.05) is 37.2 Å². The van der Waals surface area contributed by atoms with E-state index in [0.29, 0.717) is 0 Å². The Kier molecular flexibility index (Phi) is 5.61. The maximum Gasteiger partial charge on any atom is 0.0235 e. The van der Waals surface area contributed by atoms with Gasteiger partial charge in [0.1, 0.15) is 0 Å². The van der Waals surface area contributed by atoms with Crippen molar-refractivity contribution in [1.82, 2.24) is 10.2 Å². The Balaban J connectivity index is 0.00000112. The zero-order valence-electron chi connectivity index (χ0n) is 8.58. The van der Waals surface area contributed by atoms with E-state index in [-0.39, 0.29) is 12.4 Å². The molecule has 1 aliphatic rings. The molecule has 0 saturated carbocycles. The van der Waals surface area contributed by atoms with Crippen molar-refractivity contribution in [3.05, 3.63) is 34.3 Å². The van der Waals surface area contributed by atoms with E-state index in [9.17, 15) is 0 Å². The highest BCUT2D eigenvalue weighted by Crippen LogP contribution is 2.13. The van der Waals surface area contributed by atoms with Crippen LogP contribution in [0, 0.1) is 0 Å². The highest BCUT2D eigenvalue weighted by molar-refractivity contribution is 9.10. The molecule has 1 saturated heterocycles. The van der Waals surface area contributed by atoms with Gasteiger partial charge in [0.05, 0.1) is 0 Å². The Bertz CT molecular complexity index is 300. The molecule has 2 nitrogen and oxygen atoms in total. The molecule has 1 heterocycles. The van der Waals surface area contributed by atoms with E-state index in [1.54, 1.807) is 0 Å². The lowest BCUT2D eigenvalue weighted by atomic mass is 10.2. The van der Waals surface area contributed by atoms with Gasteiger partial charge in [-0.25, -0.2) is 0 Å². The van der Waals surface area contributed by atoms with Crippen LogP contribution < -0.4 is 5.32 Å². The second kappa shape index (κ2) is 6.48.